The van der Waals surface area contributed by atoms with Crippen LogP contribution < -0.4 is 5.32 Å². The monoisotopic (exact) mass is 299 g/mol. The number of rotatable bonds is 6. The van der Waals surface area contributed by atoms with E-state index in [0.29, 0.717) is 19.6 Å². The van der Waals surface area contributed by atoms with Crippen molar-refractivity contribution in [2.24, 2.45) is 0 Å². The van der Waals surface area contributed by atoms with Crippen molar-refractivity contribution in [1.82, 2.24) is 15.2 Å². The van der Waals surface area contributed by atoms with Gasteiger partial charge in [0.25, 0.3) is 0 Å². The van der Waals surface area contributed by atoms with E-state index in [2.05, 4.69) is 17.2 Å². The third-order valence-corrected chi connectivity index (χ3v) is 3.37. The number of amides is 1. The molecule has 114 valence electrons. The van der Waals surface area contributed by atoms with Crippen LogP contribution in [0.2, 0.25) is 0 Å². The molecule has 0 aromatic carbocycles. The fraction of sp³-hybridized carbons (Fsp3) is 0.714. The van der Waals surface area contributed by atoms with Crippen LogP contribution in [0, 0.1) is 0 Å². The van der Waals surface area contributed by atoms with Crippen molar-refractivity contribution in [3.63, 3.8) is 0 Å². The van der Waals surface area contributed by atoms with Crippen LogP contribution in [-0.2, 0) is 4.74 Å². The Kier molecular flexibility index (Phi) is 6.42. The highest BCUT2D eigenvalue weighted by Gasteiger charge is 2.20. The maximum atomic E-state index is 12.0. The fourth-order valence-electron chi connectivity index (χ4n) is 1.66. The highest BCUT2D eigenvalue weighted by atomic mass is 32.1. The summed E-state index contributed by atoms with van der Waals surface area (Å²) in [6, 6.07) is 0.193. The SMILES string of the molecule is CCN(CCNC(C)c1cscn1)C(=O)OC(C)(C)C. The van der Waals surface area contributed by atoms with Crippen molar-refractivity contribution in [2.45, 2.75) is 46.3 Å². The zero-order chi connectivity index (χ0) is 15.2. The molecule has 20 heavy (non-hydrogen) atoms. The van der Waals surface area contributed by atoms with Gasteiger partial charge in [0.05, 0.1) is 11.2 Å². The molecular weight excluding hydrogens is 274 g/mol. The van der Waals surface area contributed by atoms with Crippen LogP contribution in [0.4, 0.5) is 4.79 Å². The van der Waals surface area contributed by atoms with Crippen molar-refractivity contribution in [3.8, 4) is 0 Å². The predicted molar refractivity (Wildman–Crippen MR) is 82.0 cm³/mol. The van der Waals surface area contributed by atoms with Crippen LogP contribution in [0.1, 0.15) is 46.4 Å². The summed E-state index contributed by atoms with van der Waals surface area (Å²) in [5, 5.41) is 5.39. The first kappa shape index (κ1) is 16.9. The number of thiazole rings is 1. The van der Waals surface area contributed by atoms with E-state index in [1.807, 2.05) is 38.6 Å². The minimum Gasteiger partial charge on any atom is -0.444 e. The molecule has 1 aromatic heterocycles. The third kappa shape index (κ3) is 5.88. The van der Waals surface area contributed by atoms with Gasteiger partial charge in [-0.3, -0.25) is 0 Å². The second kappa shape index (κ2) is 7.59. The zero-order valence-electron chi connectivity index (χ0n) is 13.0. The first-order valence-corrected chi connectivity index (χ1v) is 7.87. The largest absolute Gasteiger partial charge is 0.444 e. The van der Waals surface area contributed by atoms with Crippen LogP contribution in [0.15, 0.2) is 10.9 Å². The quantitative estimate of drug-likeness (QED) is 0.877. The van der Waals surface area contributed by atoms with Crippen LogP contribution in [-0.4, -0.2) is 41.2 Å². The Morgan fingerprint density at radius 1 is 1.55 bits per heavy atom. The second-order valence-electron chi connectivity index (χ2n) is 5.65. The minimum atomic E-state index is -0.453. The zero-order valence-corrected chi connectivity index (χ0v) is 13.8. The fourth-order valence-corrected chi connectivity index (χ4v) is 2.31. The number of carbonyl (C=O) groups is 1. The standard InChI is InChI=1S/C14H25N3O2S/c1-6-17(13(18)19-14(3,4)5)8-7-15-11(2)12-9-20-10-16-12/h9-11,15H,6-8H2,1-5H3. The van der Waals surface area contributed by atoms with E-state index >= 15 is 0 Å². The van der Waals surface area contributed by atoms with Gasteiger partial charge in [0.2, 0.25) is 0 Å². The van der Waals surface area contributed by atoms with Gasteiger partial charge in [-0.1, -0.05) is 0 Å². The molecule has 1 aromatic rings. The topological polar surface area (TPSA) is 54.5 Å². The lowest BCUT2D eigenvalue weighted by Crippen LogP contribution is -2.40. The summed E-state index contributed by atoms with van der Waals surface area (Å²) in [5.41, 5.74) is 2.41. The second-order valence-corrected chi connectivity index (χ2v) is 6.37. The van der Waals surface area contributed by atoms with Gasteiger partial charge in [0.15, 0.2) is 0 Å². The molecule has 1 heterocycles. The molecule has 1 amide bonds. The number of nitrogens with one attached hydrogen (secondary N) is 1. The molecular formula is C14H25N3O2S. The molecule has 0 fully saturated rings. The van der Waals surface area contributed by atoms with Crippen LogP contribution in [0.5, 0.6) is 0 Å². The first-order chi connectivity index (χ1) is 9.33. The van der Waals surface area contributed by atoms with Gasteiger partial charge < -0.3 is 15.0 Å². The number of nitrogens with zero attached hydrogens (tertiary/aromatic N) is 2. The maximum Gasteiger partial charge on any atom is 0.410 e. The van der Waals surface area contributed by atoms with Crippen molar-refractivity contribution < 1.29 is 9.53 Å². The summed E-state index contributed by atoms with van der Waals surface area (Å²) < 4.78 is 5.37. The molecule has 0 radical (unpaired) electrons. The highest BCUT2D eigenvalue weighted by molar-refractivity contribution is 7.07. The van der Waals surface area contributed by atoms with Crippen LogP contribution in [0.25, 0.3) is 0 Å². The molecule has 6 heteroatoms. The summed E-state index contributed by atoms with van der Waals surface area (Å²) in [6.07, 6.45) is -0.261. The summed E-state index contributed by atoms with van der Waals surface area (Å²) in [4.78, 5) is 17.9. The van der Waals surface area contributed by atoms with E-state index in [4.69, 9.17) is 4.74 Å². The average molecular weight is 299 g/mol. The van der Waals surface area contributed by atoms with Gasteiger partial charge in [-0.25, -0.2) is 9.78 Å². The van der Waals surface area contributed by atoms with Gasteiger partial charge in [0, 0.05) is 31.1 Å². The Bertz CT molecular complexity index is 401. The molecule has 5 nitrogen and oxygen atoms in total. The molecule has 0 aliphatic rings. The average Bonchev–Trinajstić information content (AvgIpc) is 2.85. The Morgan fingerprint density at radius 3 is 2.75 bits per heavy atom. The van der Waals surface area contributed by atoms with E-state index < -0.39 is 5.60 Å². The first-order valence-electron chi connectivity index (χ1n) is 6.93. The van der Waals surface area contributed by atoms with E-state index in [0.717, 1.165) is 5.69 Å². The Hall–Kier alpha value is -1.14. The Balaban J connectivity index is 2.36. The Labute approximate surface area is 125 Å². The van der Waals surface area contributed by atoms with Gasteiger partial charge >= 0.3 is 6.09 Å². The molecule has 0 aliphatic heterocycles. The summed E-state index contributed by atoms with van der Waals surface area (Å²) in [6.45, 7) is 11.6. The molecule has 0 saturated carbocycles. The van der Waals surface area contributed by atoms with E-state index in [1.54, 1.807) is 16.2 Å². The van der Waals surface area contributed by atoms with Crippen molar-refractivity contribution in [2.75, 3.05) is 19.6 Å². The highest BCUT2D eigenvalue weighted by Crippen LogP contribution is 2.12. The summed E-state index contributed by atoms with van der Waals surface area (Å²) in [5.74, 6) is 0. The smallest absolute Gasteiger partial charge is 0.410 e. The normalized spacial score (nSPS) is 13.1. The number of carbonyl (C=O) groups excluding carboxylic acids is 1. The number of hydrogen-bond donors (Lipinski definition) is 1. The number of ether oxygens (including phenoxy) is 1. The lowest BCUT2D eigenvalue weighted by molar-refractivity contribution is 0.0261. The molecule has 1 unspecified atom stereocenters. The molecule has 0 bridgehead atoms. The van der Waals surface area contributed by atoms with Gasteiger partial charge in [-0.15, -0.1) is 11.3 Å². The number of aromatic nitrogens is 1. The summed E-state index contributed by atoms with van der Waals surface area (Å²) >= 11 is 1.59. The predicted octanol–water partition coefficient (Wildman–Crippen LogP) is 3.05. The van der Waals surface area contributed by atoms with Crippen molar-refractivity contribution in [1.29, 1.82) is 0 Å². The van der Waals surface area contributed by atoms with E-state index in [-0.39, 0.29) is 12.1 Å². The van der Waals surface area contributed by atoms with Gasteiger partial charge in [-0.2, -0.15) is 0 Å². The van der Waals surface area contributed by atoms with E-state index in [1.165, 1.54) is 0 Å². The van der Waals surface area contributed by atoms with Crippen molar-refractivity contribution in [3.05, 3.63) is 16.6 Å². The molecule has 1 rings (SSSR count). The Morgan fingerprint density at radius 2 is 2.25 bits per heavy atom. The molecule has 0 aliphatic carbocycles. The van der Waals surface area contributed by atoms with Crippen LogP contribution >= 0.6 is 11.3 Å². The van der Waals surface area contributed by atoms with Gasteiger partial charge in [-0.05, 0) is 34.6 Å². The third-order valence-electron chi connectivity index (χ3n) is 2.76. The van der Waals surface area contributed by atoms with Crippen molar-refractivity contribution >= 4 is 17.4 Å². The molecule has 0 saturated heterocycles. The summed E-state index contributed by atoms with van der Waals surface area (Å²) in [7, 11) is 0. The van der Waals surface area contributed by atoms with E-state index in [9.17, 15) is 4.79 Å². The number of likely N-dealkylation sites (N-methyl/N-ethyl adjacent to an activating group) is 1. The molecule has 1 N–H and O–H groups in total. The van der Waals surface area contributed by atoms with Gasteiger partial charge in [0.1, 0.15) is 5.60 Å². The molecule has 0 spiro atoms. The maximum absolute atomic E-state index is 12.0. The number of hydrogen-bond acceptors (Lipinski definition) is 5. The molecule has 1 atom stereocenters. The lowest BCUT2D eigenvalue weighted by atomic mass is 10.2. The van der Waals surface area contributed by atoms with Crippen LogP contribution in [0.3, 0.4) is 0 Å². The minimum absolute atomic E-state index is 0.193. The lowest BCUT2D eigenvalue weighted by Gasteiger charge is -2.27.